The van der Waals surface area contributed by atoms with Gasteiger partial charge in [-0.15, -0.1) is 0 Å². The first kappa shape index (κ1) is 15.2. The highest BCUT2D eigenvalue weighted by Crippen LogP contribution is 2.16. The third-order valence-corrected chi connectivity index (χ3v) is 2.77. The Labute approximate surface area is 115 Å². The molecule has 7 heteroatoms. The van der Waals surface area contributed by atoms with Crippen LogP contribution < -0.4 is 4.90 Å². The highest BCUT2D eigenvalue weighted by Gasteiger charge is 2.18. The van der Waals surface area contributed by atoms with Crippen LogP contribution in [0.5, 0.6) is 0 Å². The van der Waals surface area contributed by atoms with E-state index in [4.69, 9.17) is 21.8 Å². The third-order valence-electron chi connectivity index (χ3n) is 2.55. The number of rotatable bonds is 7. The van der Waals surface area contributed by atoms with Gasteiger partial charge in [0.1, 0.15) is 5.82 Å². The number of carboxylic acid groups (broad SMARTS) is 2. The minimum atomic E-state index is -0.943. The van der Waals surface area contributed by atoms with Crippen molar-refractivity contribution >= 4 is 29.4 Å². The Kier molecular flexibility index (Phi) is 5.57. The summed E-state index contributed by atoms with van der Waals surface area (Å²) in [4.78, 5) is 27.2. The zero-order valence-electron chi connectivity index (χ0n) is 10.4. The van der Waals surface area contributed by atoms with Crippen LogP contribution in [0.3, 0.4) is 0 Å². The zero-order valence-corrected chi connectivity index (χ0v) is 11.2. The highest BCUT2D eigenvalue weighted by molar-refractivity contribution is 6.30. The summed E-state index contributed by atoms with van der Waals surface area (Å²) >= 11 is 5.73. The van der Waals surface area contributed by atoms with Crippen LogP contribution in [0.25, 0.3) is 0 Å². The van der Waals surface area contributed by atoms with Crippen LogP contribution in [-0.2, 0) is 9.59 Å². The first-order valence-corrected chi connectivity index (χ1v) is 6.09. The van der Waals surface area contributed by atoms with Gasteiger partial charge in [-0.3, -0.25) is 9.59 Å². The van der Waals surface area contributed by atoms with E-state index in [9.17, 15) is 9.59 Å². The number of carboxylic acids is 2. The van der Waals surface area contributed by atoms with Crippen molar-refractivity contribution < 1.29 is 19.8 Å². The largest absolute Gasteiger partial charge is 0.481 e. The Hall–Kier alpha value is -1.82. The molecule has 0 aliphatic heterocycles. The van der Waals surface area contributed by atoms with E-state index in [1.165, 1.54) is 6.20 Å². The molecule has 6 nitrogen and oxygen atoms in total. The molecule has 0 bridgehead atoms. The molecular formula is C12H15ClN2O4. The lowest BCUT2D eigenvalue weighted by molar-refractivity contribution is -0.140. The number of carbonyl (C=O) groups is 2. The van der Waals surface area contributed by atoms with Crippen LogP contribution in [0.2, 0.25) is 5.02 Å². The van der Waals surface area contributed by atoms with Gasteiger partial charge in [-0.05, 0) is 12.1 Å². The van der Waals surface area contributed by atoms with Crippen molar-refractivity contribution in [2.45, 2.75) is 13.3 Å². The fraction of sp³-hybridized carbons (Fsp3) is 0.417. The monoisotopic (exact) mass is 286 g/mol. The second-order valence-corrected chi connectivity index (χ2v) is 4.60. The molecule has 19 heavy (non-hydrogen) atoms. The number of pyridine rings is 1. The summed E-state index contributed by atoms with van der Waals surface area (Å²) < 4.78 is 0. The number of aliphatic carboxylic acids is 2. The fourth-order valence-electron chi connectivity index (χ4n) is 1.49. The van der Waals surface area contributed by atoms with Crippen molar-refractivity contribution in [1.82, 2.24) is 4.98 Å². The van der Waals surface area contributed by atoms with Crippen molar-refractivity contribution in [2.24, 2.45) is 5.92 Å². The quantitative estimate of drug-likeness (QED) is 0.793. The van der Waals surface area contributed by atoms with E-state index in [0.717, 1.165) is 0 Å². The average molecular weight is 287 g/mol. The number of nitrogens with zero attached hydrogens (tertiary/aromatic N) is 2. The van der Waals surface area contributed by atoms with Gasteiger partial charge in [0.2, 0.25) is 0 Å². The molecule has 0 fully saturated rings. The molecule has 2 N–H and O–H groups in total. The van der Waals surface area contributed by atoms with Gasteiger partial charge in [0.05, 0.1) is 17.4 Å². The standard InChI is InChI=1S/C12H15ClN2O4/c1-8(12(18)19)7-15(5-4-11(16)17)10-3-2-9(13)6-14-10/h2-3,6,8H,4-5,7H2,1H3,(H,16,17)(H,18,19). The van der Waals surface area contributed by atoms with Crippen LogP contribution in [0.1, 0.15) is 13.3 Å². The SMILES string of the molecule is CC(CN(CCC(=O)O)c1ccc(Cl)cn1)C(=O)O. The number of anilines is 1. The Morgan fingerprint density at radius 1 is 1.42 bits per heavy atom. The van der Waals surface area contributed by atoms with Gasteiger partial charge in [-0.2, -0.15) is 0 Å². The van der Waals surface area contributed by atoms with Crippen LogP contribution in [0.4, 0.5) is 5.82 Å². The van der Waals surface area contributed by atoms with E-state index in [-0.39, 0.29) is 19.5 Å². The highest BCUT2D eigenvalue weighted by atomic mass is 35.5. The molecule has 1 heterocycles. The molecule has 0 saturated carbocycles. The Balaban J connectivity index is 2.81. The minimum Gasteiger partial charge on any atom is -0.481 e. The molecule has 1 aromatic rings. The molecule has 0 saturated heterocycles. The second-order valence-electron chi connectivity index (χ2n) is 4.16. The smallest absolute Gasteiger partial charge is 0.308 e. The van der Waals surface area contributed by atoms with E-state index in [1.807, 2.05) is 0 Å². The topological polar surface area (TPSA) is 90.7 Å². The van der Waals surface area contributed by atoms with Crippen LogP contribution in [-0.4, -0.2) is 40.2 Å². The first-order valence-electron chi connectivity index (χ1n) is 5.71. The maximum absolute atomic E-state index is 10.9. The molecular weight excluding hydrogens is 272 g/mol. The van der Waals surface area contributed by atoms with E-state index >= 15 is 0 Å². The van der Waals surface area contributed by atoms with E-state index in [1.54, 1.807) is 24.0 Å². The Morgan fingerprint density at radius 3 is 2.58 bits per heavy atom. The van der Waals surface area contributed by atoms with Crippen molar-refractivity contribution in [3.05, 3.63) is 23.4 Å². The molecule has 0 radical (unpaired) electrons. The minimum absolute atomic E-state index is 0.0867. The van der Waals surface area contributed by atoms with Crippen LogP contribution in [0.15, 0.2) is 18.3 Å². The van der Waals surface area contributed by atoms with E-state index < -0.39 is 17.9 Å². The van der Waals surface area contributed by atoms with Crippen molar-refractivity contribution in [3.63, 3.8) is 0 Å². The van der Waals surface area contributed by atoms with Gasteiger partial charge >= 0.3 is 11.9 Å². The number of halogens is 1. The van der Waals surface area contributed by atoms with Crippen molar-refractivity contribution in [1.29, 1.82) is 0 Å². The van der Waals surface area contributed by atoms with Crippen molar-refractivity contribution in [3.8, 4) is 0 Å². The summed E-state index contributed by atoms with van der Waals surface area (Å²) in [6.07, 6.45) is 1.35. The predicted molar refractivity (Wildman–Crippen MR) is 70.5 cm³/mol. The fourth-order valence-corrected chi connectivity index (χ4v) is 1.61. The molecule has 0 amide bonds. The van der Waals surface area contributed by atoms with Gasteiger partial charge in [0, 0.05) is 19.3 Å². The summed E-state index contributed by atoms with van der Waals surface area (Å²) in [6, 6.07) is 3.27. The normalized spacial score (nSPS) is 11.9. The van der Waals surface area contributed by atoms with Gasteiger partial charge in [-0.1, -0.05) is 18.5 Å². The van der Waals surface area contributed by atoms with Gasteiger partial charge in [0.15, 0.2) is 0 Å². The molecule has 104 valence electrons. The lowest BCUT2D eigenvalue weighted by Gasteiger charge is -2.24. The lowest BCUT2D eigenvalue weighted by atomic mass is 10.1. The number of hydrogen-bond acceptors (Lipinski definition) is 4. The molecule has 1 unspecified atom stereocenters. The lowest BCUT2D eigenvalue weighted by Crippen LogP contribution is -2.34. The summed E-state index contributed by atoms with van der Waals surface area (Å²) in [5.74, 6) is -1.98. The molecule has 0 spiro atoms. The van der Waals surface area contributed by atoms with Crippen molar-refractivity contribution in [2.75, 3.05) is 18.0 Å². The third kappa shape index (κ3) is 5.13. The summed E-state index contributed by atoms with van der Waals surface area (Å²) in [5.41, 5.74) is 0. The average Bonchev–Trinajstić information content (AvgIpc) is 2.35. The van der Waals surface area contributed by atoms with Crippen LogP contribution in [0, 0.1) is 5.92 Å². The molecule has 1 rings (SSSR count). The Morgan fingerprint density at radius 2 is 2.11 bits per heavy atom. The van der Waals surface area contributed by atoms with Gasteiger partial charge in [0.25, 0.3) is 0 Å². The van der Waals surface area contributed by atoms with Gasteiger partial charge < -0.3 is 15.1 Å². The molecule has 1 aromatic heterocycles. The predicted octanol–water partition coefficient (Wildman–Crippen LogP) is 1.74. The van der Waals surface area contributed by atoms with E-state index in [2.05, 4.69) is 4.98 Å². The number of hydrogen-bond donors (Lipinski definition) is 2. The van der Waals surface area contributed by atoms with E-state index in [0.29, 0.717) is 10.8 Å². The molecule has 0 aromatic carbocycles. The first-order chi connectivity index (χ1) is 8.90. The van der Waals surface area contributed by atoms with Crippen LogP contribution >= 0.6 is 11.6 Å². The second kappa shape index (κ2) is 6.94. The summed E-state index contributed by atoms with van der Waals surface area (Å²) in [6.45, 7) is 1.95. The maximum Gasteiger partial charge on any atom is 0.308 e. The summed E-state index contributed by atoms with van der Waals surface area (Å²) in [5, 5.41) is 18.1. The summed E-state index contributed by atoms with van der Waals surface area (Å²) in [7, 11) is 0. The molecule has 0 aliphatic rings. The molecule has 0 aliphatic carbocycles. The maximum atomic E-state index is 10.9. The molecule has 1 atom stereocenters. The zero-order chi connectivity index (χ0) is 14.4. The number of aromatic nitrogens is 1. The Bertz CT molecular complexity index is 450. The van der Waals surface area contributed by atoms with Gasteiger partial charge in [-0.25, -0.2) is 4.98 Å².